The Hall–Kier alpha value is -1.60. The predicted molar refractivity (Wildman–Crippen MR) is 89.7 cm³/mol. The molecule has 1 aromatic rings. The maximum atomic E-state index is 13.1. The number of benzene rings is 1. The summed E-state index contributed by atoms with van der Waals surface area (Å²) < 4.78 is 50.3. The van der Waals surface area contributed by atoms with Crippen molar-refractivity contribution in [1.29, 1.82) is 0 Å². The van der Waals surface area contributed by atoms with E-state index in [1.807, 2.05) is 0 Å². The van der Waals surface area contributed by atoms with Crippen LogP contribution in [0.5, 0.6) is 0 Å². The third-order valence-corrected chi connectivity index (χ3v) is 5.12. The first-order valence-electron chi connectivity index (χ1n) is 9.11. The molecule has 0 N–H and O–H groups in total. The van der Waals surface area contributed by atoms with Crippen molar-refractivity contribution in [2.24, 2.45) is 0 Å². The summed E-state index contributed by atoms with van der Waals surface area (Å²) in [6, 6.07) is 5.31. The number of carbonyl (C=O) groups is 1. The molecule has 26 heavy (non-hydrogen) atoms. The van der Waals surface area contributed by atoms with Gasteiger partial charge < -0.3 is 9.47 Å². The monoisotopic (exact) mass is 371 g/mol. The molecule has 1 saturated carbocycles. The minimum atomic E-state index is -4.47. The van der Waals surface area contributed by atoms with Gasteiger partial charge in [0.2, 0.25) is 0 Å². The van der Waals surface area contributed by atoms with Gasteiger partial charge in [-0.15, -0.1) is 0 Å². The lowest BCUT2D eigenvalue weighted by Gasteiger charge is -2.41. The molecule has 0 spiro atoms. The lowest BCUT2D eigenvalue weighted by atomic mass is 9.91. The molecular formula is C19H24F3NO3. The number of morpholine rings is 1. The molecule has 1 aromatic carbocycles. The van der Waals surface area contributed by atoms with Crippen LogP contribution >= 0.6 is 0 Å². The lowest BCUT2D eigenvalue weighted by Crippen LogP contribution is -2.51. The van der Waals surface area contributed by atoms with Gasteiger partial charge in [0, 0.05) is 19.1 Å². The van der Waals surface area contributed by atoms with Gasteiger partial charge in [-0.25, -0.2) is 0 Å². The predicted octanol–water partition coefficient (Wildman–Crippen LogP) is 3.43. The topological polar surface area (TPSA) is 38.8 Å². The van der Waals surface area contributed by atoms with Gasteiger partial charge in [0.15, 0.2) is 0 Å². The fourth-order valence-electron chi connectivity index (χ4n) is 3.86. The van der Waals surface area contributed by atoms with Gasteiger partial charge in [0.05, 0.1) is 25.2 Å². The molecule has 0 aromatic heterocycles. The van der Waals surface area contributed by atoms with E-state index in [2.05, 4.69) is 4.90 Å². The van der Waals surface area contributed by atoms with Crippen molar-refractivity contribution in [2.45, 2.75) is 50.4 Å². The van der Waals surface area contributed by atoms with Crippen molar-refractivity contribution < 1.29 is 27.4 Å². The normalized spacial score (nSPS) is 25.0. The average Bonchev–Trinajstić information content (AvgIpc) is 2.62. The van der Waals surface area contributed by atoms with Gasteiger partial charge in [0.1, 0.15) is 6.10 Å². The molecule has 0 radical (unpaired) electrons. The van der Waals surface area contributed by atoms with Gasteiger partial charge in [0.25, 0.3) is 0 Å². The highest BCUT2D eigenvalue weighted by molar-refractivity contribution is 5.73. The highest BCUT2D eigenvalue weighted by Gasteiger charge is 2.35. The summed E-state index contributed by atoms with van der Waals surface area (Å²) in [5.74, 6) is -0.591. The molecule has 2 aliphatic rings. The molecule has 0 bridgehead atoms. The molecule has 1 aliphatic carbocycles. The molecule has 0 amide bonds. The minimum absolute atomic E-state index is 0.0382. The molecule has 1 heterocycles. The van der Waals surface area contributed by atoms with E-state index in [4.69, 9.17) is 9.47 Å². The second kappa shape index (κ2) is 8.39. The van der Waals surface area contributed by atoms with Crippen molar-refractivity contribution in [3.05, 3.63) is 35.4 Å². The Bertz CT molecular complexity index is 614. The highest BCUT2D eigenvalue weighted by atomic mass is 19.4. The smallest absolute Gasteiger partial charge is 0.416 e. The SMILES string of the molecule is O=C(Cc1ccccc1C(F)(F)F)O[C@H]1CCCC[C@@H]1N1CCOCC1. The maximum Gasteiger partial charge on any atom is 0.416 e. The summed E-state index contributed by atoms with van der Waals surface area (Å²) in [6.45, 7) is 2.93. The van der Waals surface area contributed by atoms with Gasteiger partial charge >= 0.3 is 12.1 Å². The Kier molecular flexibility index (Phi) is 6.19. The number of esters is 1. The standard InChI is InChI=1S/C19H24F3NO3/c20-19(21,22)15-6-2-1-5-14(15)13-18(24)26-17-8-4-3-7-16(17)23-9-11-25-12-10-23/h1-2,5-6,16-17H,3-4,7-13H2/t16-,17-/m0/s1. The van der Waals surface area contributed by atoms with E-state index in [9.17, 15) is 18.0 Å². The molecule has 2 atom stereocenters. The van der Waals surface area contributed by atoms with E-state index < -0.39 is 17.7 Å². The number of hydrogen-bond acceptors (Lipinski definition) is 4. The molecule has 1 saturated heterocycles. The van der Waals surface area contributed by atoms with E-state index in [1.165, 1.54) is 18.2 Å². The van der Waals surface area contributed by atoms with Gasteiger partial charge in [-0.05, 0) is 30.9 Å². The van der Waals surface area contributed by atoms with Crippen LogP contribution in [-0.4, -0.2) is 49.3 Å². The van der Waals surface area contributed by atoms with E-state index >= 15 is 0 Å². The van der Waals surface area contributed by atoms with Crippen LogP contribution in [0.3, 0.4) is 0 Å². The Labute approximate surface area is 151 Å². The van der Waals surface area contributed by atoms with Gasteiger partial charge in [-0.3, -0.25) is 9.69 Å². The van der Waals surface area contributed by atoms with Crippen molar-refractivity contribution in [2.75, 3.05) is 26.3 Å². The third kappa shape index (κ3) is 4.76. The fourth-order valence-corrected chi connectivity index (χ4v) is 3.86. The van der Waals surface area contributed by atoms with Crippen molar-refractivity contribution in [3.8, 4) is 0 Å². The summed E-state index contributed by atoms with van der Waals surface area (Å²) in [5, 5.41) is 0. The van der Waals surface area contributed by atoms with Crippen LogP contribution in [0.15, 0.2) is 24.3 Å². The van der Waals surface area contributed by atoms with E-state index in [0.717, 1.165) is 44.8 Å². The zero-order valence-electron chi connectivity index (χ0n) is 14.6. The quantitative estimate of drug-likeness (QED) is 0.760. The van der Waals surface area contributed by atoms with Crippen molar-refractivity contribution in [3.63, 3.8) is 0 Å². The molecular weight excluding hydrogens is 347 g/mol. The molecule has 0 unspecified atom stereocenters. The largest absolute Gasteiger partial charge is 0.460 e. The summed E-state index contributed by atoms with van der Waals surface area (Å²) in [5.41, 5.74) is -0.811. The summed E-state index contributed by atoms with van der Waals surface area (Å²) in [7, 11) is 0. The van der Waals surface area contributed by atoms with E-state index in [-0.39, 0.29) is 24.1 Å². The summed E-state index contributed by atoms with van der Waals surface area (Å²) in [6.07, 6.45) is -1.34. The Morgan fingerprint density at radius 2 is 1.85 bits per heavy atom. The van der Waals surface area contributed by atoms with Crippen LogP contribution in [0.25, 0.3) is 0 Å². The number of rotatable bonds is 4. The minimum Gasteiger partial charge on any atom is -0.460 e. The van der Waals surface area contributed by atoms with Crippen LogP contribution in [0, 0.1) is 0 Å². The maximum absolute atomic E-state index is 13.1. The summed E-state index contributed by atoms with van der Waals surface area (Å²) >= 11 is 0. The fraction of sp³-hybridized carbons (Fsp3) is 0.632. The van der Waals surface area contributed by atoms with Crippen LogP contribution < -0.4 is 0 Å². The first kappa shape index (κ1) is 19.2. The average molecular weight is 371 g/mol. The number of halogens is 3. The van der Waals surface area contributed by atoms with Crippen molar-refractivity contribution in [1.82, 2.24) is 4.90 Å². The van der Waals surface area contributed by atoms with Crippen LogP contribution in [-0.2, 0) is 26.9 Å². The third-order valence-electron chi connectivity index (χ3n) is 5.12. The zero-order chi connectivity index (χ0) is 18.6. The first-order valence-corrected chi connectivity index (χ1v) is 9.11. The van der Waals surface area contributed by atoms with Crippen LogP contribution in [0.4, 0.5) is 13.2 Å². The molecule has 3 rings (SSSR count). The molecule has 2 fully saturated rings. The first-order chi connectivity index (χ1) is 12.4. The number of carbonyl (C=O) groups excluding carboxylic acids is 1. The number of hydrogen-bond donors (Lipinski definition) is 0. The Morgan fingerprint density at radius 3 is 2.58 bits per heavy atom. The Morgan fingerprint density at radius 1 is 1.15 bits per heavy atom. The number of nitrogens with zero attached hydrogens (tertiary/aromatic N) is 1. The number of ether oxygens (including phenoxy) is 2. The molecule has 144 valence electrons. The van der Waals surface area contributed by atoms with Crippen LogP contribution in [0.2, 0.25) is 0 Å². The molecule has 1 aliphatic heterocycles. The molecule has 7 heteroatoms. The van der Waals surface area contributed by atoms with E-state index in [1.54, 1.807) is 0 Å². The van der Waals surface area contributed by atoms with Crippen molar-refractivity contribution >= 4 is 5.97 Å². The van der Waals surface area contributed by atoms with E-state index in [0.29, 0.717) is 13.2 Å². The lowest BCUT2D eigenvalue weighted by molar-refractivity contribution is -0.155. The molecule has 4 nitrogen and oxygen atoms in total. The second-order valence-corrected chi connectivity index (χ2v) is 6.86. The zero-order valence-corrected chi connectivity index (χ0v) is 14.6. The van der Waals surface area contributed by atoms with Gasteiger partial charge in [-0.1, -0.05) is 24.6 Å². The Balaban J connectivity index is 1.65. The van der Waals surface area contributed by atoms with Gasteiger partial charge in [-0.2, -0.15) is 13.2 Å². The number of alkyl halides is 3. The second-order valence-electron chi connectivity index (χ2n) is 6.86. The van der Waals surface area contributed by atoms with Crippen LogP contribution in [0.1, 0.15) is 36.8 Å². The summed E-state index contributed by atoms with van der Waals surface area (Å²) in [4.78, 5) is 14.6. The highest BCUT2D eigenvalue weighted by Crippen LogP contribution is 2.32.